The highest BCUT2D eigenvalue weighted by Crippen LogP contribution is 2.43. The number of ether oxygens (including phenoxy) is 2. The standard InChI is InChI=1S/C15H24F4O4/c1-12(2,3)9-14(16,13(4,5)6)10(20)22-7-8-23-11(21)15(17,18)19/h7-9H2,1-6H3. The van der Waals surface area contributed by atoms with E-state index in [0.717, 1.165) is 0 Å². The molecule has 8 heteroatoms. The van der Waals surface area contributed by atoms with Crippen molar-refractivity contribution in [2.45, 2.75) is 59.8 Å². The Kier molecular flexibility index (Phi) is 6.64. The molecular formula is C15H24F4O4. The summed E-state index contributed by atoms with van der Waals surface area (Å²) < 4.78 is 59.5. The predicted octanol–water partition coefficient (Wildman–Crippen LogP) is 3.83. The van der Waals surface area contributed by atoms with Gasteiger partial charge in [0.25, 0.3) is 0 Å². The van der Waals surface area contributed by atoms with Gasteiger partial charge >= 0.3 is 18.1 Å². The summed E-state index contributed by atoms with van der Waals surface area (Å²) in [5.74, 6) is -3.56. The molecule has 136 valence electrons. The summed E-state index contributed by atoms with van der Waals surface area (Å²) in [6.07, 6.45) is -5.24. The van der Waals surface area contributed by atoms with E-state index < -0.39 is 47.8 Å². The molecule has 0 N–H and O–H groups in total. The smallest absolute Gasteiger partial charge is 0.460 e. The number of hydrogen-bond acceptors (Lipinski definition) is 4. The van der Waals surface area contributed by atoms with Crippen molar-refractivity contribution < 1.29 is 36.6 Å². The summed E-state index contributed by atoms with van der Waals surface area (Å²) in [4.78, 5) is 22.6. The van der Waals surface area contributed by atoms with E-state index in [-0.39, 0.29) is 6.42 Å². The van der Waals surface area contributed by atoms with E-state index in [2.05, 4.69) is 9.47 Å². The van der Waals surface area contributed by atoms with Gasteiger partial charge in [0, 0.05) is 5.41 Å². The maximum Gasteiger partial charge on any atom is 0.490 e. The molecule has 1 atom stereocenters. The zero-order valence-electron chi connectivity index (χ0n) is 14.3. The Morgan fingerprint density at radius 2 is 1.17 bits per heavy atom. The molecule has 23 heavy (non-hydrogen) atoms. The van der Waals surface area contributed by atoms with E-state index in [4.69, 9.17) is 0 Å². The number of carbonyl (C=O) groups is 2. The average Bonchev–Trinajstić information content (AvgIpc) is 2.28. The van der Waals surface area contributed by atoms with Crippen LogP contribution in [-0.4, -0.2) is 37.0 Å². The number of alkyl halides is 4. The van der Waals surface area contributed by atoms with Crippen LogP contribution in [0.1, 0.15) is 48.0 Å². The van der Waals surface area contributed by atoms with Gasteiger partial charge in [-0.25, -0.2) is 14.0 Å². The van der Waals surface area contributed by atoms with Crippen LogP contribution in [0.2, 0.25) is 0 Å². The highest BCUT2D eigenvalue weighted by atomic mass is 19.4. The Morgan fingerprint density at radius 1 is 0.783 bits per heavy atom. The van der Waals surface area contributed by atoms with Crippen LogP contribution in [0.25, 0.3) is 0 Å². The van der Waals surface area contributed by atoms with Crippen molar-refractivity contribution >= 4 is 11.9 Å². The summed E-state index contributed by atoms with van der Waals surface area (Å²) in [5.41, 5.74) is -3.90. The summed E-state index contributed by atoms with van der Waals surface area (Å²) in [6, 6.07) is 0. The molecule has 0 aromatic heterocycles. The van der Waals surface area contributed by atoms with Crippen molar-refractivity contribution in [3.63, 3.8) is 0 Å². The Bertz CT molecular complexity index is 432. The van der Waals surface area contributed by atoms with Crippen molar-refractivity contribution in [1.29, 1.82) is 0 Å². The van der Waals surface area contributed by atoms with Gasteiger partial charge in [-0.1, -0.05) is 41.5 Å². The van der Waals surface area contributed by atoms with Gasteiger partial charge < -0.3 is 9.47 Å². The fourth-order valence-corrected chi connectivity index (χ4v) is 1.84. The van der Waals surface area contributed by atoms with E-state index in [9.17, 15) is 22.8 Å². The van der Waals surface area contributed by atoms with Crippen LogP contribution in [-0.2, 0) is 19.1 Å². The lowest BCUT2D eigenvalue weighted by atomic mass is 9.70. The first-order valence-corrected chi connectivity index (χ1v) is 7.11. The predicted molar refractivity (Wildman–Crippen MR) is 75.3 cm³/mol. The Balaban J connectivity index is 4.74. The highest BCUT2D eigenvalue weighted by Gasteiger charge is 2.52. The second kappa shape index (κ2) is 7.05. The van der Waals surface area contributed by atoms with E-state index in [1.807, 2.05) is 0 Å². The van der Waals surface area contributed by atoms with Crippen molar-refractivity contribution in [3.05, 3.63) is 0 Å². The first-order valence-electron chi connectivity index (χ1n) is 7.11. The lowest BCUT2D eigenvalue weighted by Crippen LogP contribution is -2.49. The first-order chi connectivity index (χ1) is 10.0. The largest absolute Gasteiger partial charge is 0.490 e. The molecule has 0 rings (SSSR count). The summed E-state index contributed by atoms with van der Waals surface area (Å²) >= 11 is 0. The van der Waals surface area contributed by atoms with Crippen LogP contribution in [0.3, 0.4) is 0 Å². The maximum atomic E-state index is 15.2. The first kappa shape index (κ1) is 21.7. The lowest BCUT2D eigenvalue weighted by molar-refractivity contribution is -0.201. The average molecular weight is 344 g/mol. The highest BCUT2D eigenvalue weighted by molar-refractivity contribution is 5.80. The van der Waals surface area contributed by atoms with Gasteiger partial charge in [0.05, 0.1) is 0 Å². The van der Waals surface area contributed by atoms with Crippen LogP contribution < -0.4 is 0 Å². The Labute approximate surface area is 133 Å². The van der Waals surface area contributed by atoms with Gasteiger partial charge in [0.15, 0.2) is 0 Å². The molecule has 0 aliphatic rings. The van der Waals surface area contributed by atoms with Gasteiger partial charge in [0.2, 0.25) is 5.67 Å². The lowest BCUT2D eigenvalue weighted by Gasteiger charge is -2.39. The quantitative estimate of drug-likeness (QED) is 0.432. The Morgan fingerprint density at radius 3 is 1.48 bits per heavy atom. The molecule has 1 unspecified atom stereocenters. The van der Waals surface area contributed by atoms with Crippen molar-refractivity contribution in [3.8, 4) is 0 Å². The van der Waals surface area contributed by atoms with E-state index >= 15 is 4.39 Å². The number of rotatable bonds is 5. The molecule has 4 nitrogen and oxygen atoms in total. The van der Waals surface area contributed by atoms with Crippen molar-refractivity contribution in [2.24, 2.45) is 10.8 Å². The fourth-order valence-electron chi connectivity index (χ4n) is 1.84. The third-order valence-electron chi connectivity index (χ3n) is 3.07. The molecule has 0 saturated carbocycles. The molecular weight excluding hydrogens is 320 g/mol. The maximum absolute atomic E-state index is 15.2. The minimum Gasteiger partial charge on any atom is -0.460 e. The van der Waals surface area contributed by atoms with Gasteiger partial charge in [-0.2, -0.15) is 13.2 Å². The van der Waals surface area contributed by atoms with E-state index in [1.54, 1.807) is 20.8 Å². The van der Waals surface area contributed by atoms with Crippen LogP contribution >= 0.6 is 0 Å². The topological polar surface area (TPSA) is 52.6 Å². The zero-order chi connectivity index (χ0) is 18.7. The summed E-state index contributed by atoms with van der Waals surface area (Å²) in [5, 5.41) is 0. The third-order valence-corrected chi connectivity index (χ3v) is 3.07. The fraction of sp³-hybridized carbons (Fsp3) is 0.867. The summed E-state index contributed by atoms with van der Waals surface area (Å²) in [6.45, 7) is 8.42. The zero-order valence-corrected chi connectivity index (χ0v) is 14.3. The van der Waals surface area contributed by atoms with Crippen LogP contribution in [0.4, 0.5) is 17.6 Å². The van der Waals surface area contributed by atoms with Crippen LogP contribution in [0, 0.1) is 10.8 Å². The van der Waals surface area contributed by atoms with Crippen molar-refractivity contribution in [2.75, 3.05) is 13.2 Å². The number of halogens is 4. The second-order valence-electron chi connectivity index (χ2n) is 7.56. The molecule has 0 aliphatic heterocycles. The van der Waals surface area contributed by atoms with E-state index in [1.165, 1.54) is 20.8 Å². The minimum atomic E-state index is -5.12. The van der Waals surface area contributed by atoms with Gasteiger partial charge in [-0.05, 0) is 11.8 Å². The van der Waals surface area contributed by atoms with Gasteiger partial charge in [-0.15, -0.1) is 0 Å². The van der Waals surface area contributed by atoms with Gasteiger partial charge in [0.1, 0.15) is 13.2 Å². The monoisotopic (exact) mass is 344 g/mol. The molecule has 0 bridgehead atoms. The molecule has 0 amide bonds. The molecule has 0 aliphatic carbocycles. The molecule has 0 aromatic carbocycles. The number of carbonyl (C=O) groups excluding carboxylic acids is 2. The molecule has 0 heterocycles. The van der Waals surface area contributed by atoms with Gasteiger partial charge in [-0.3, -0.25) is 0 Å². The molecule has 0 spiro atoms. The summed E-state index contributed by atoms with van der Waals surface area (Å²) in [7, 11) is 0. The molecule has 0 aromatic rings. The third kappa shape index (κ3) is 6.74. The Hall–Kier alpha value is -1.34. The minimum absolute atomic E-state index is 0.120. The number of esters is 2. The molecule has 0 saturated heterocycles. The van der Waals surface area contributed by atoms with Crippen LogP contribution in [0.5, 0.6) is 0 Å². The van der Waals surface area contributed by atoms with Crippen LogP contribution in [0.15, 0.2) is 0 Å². The molecule has 0 fully saturated rings. The van der Waals surface area contributed by atoms with E-state index in [0.29, 0.717) is 0 Å². The van der Waals surface area contributed by atoms with Crippen molar-refractivity contribution in [1.82, 2.24) is 0 Å². The number of hydrogen-bond donors (Lipinski definition) is 0. The normalized spacial score (nSPS) is 15.7. The second-order valence-corrected chi connectivity index (χ2v) is 7.56. The SMILES string of the molecule is CC(C)(C)CC(F)(C(=O)OCCOC(=O)C(F)(F)F)C(C)(C)C. The molecule has 0 radical (unpaired) electrons.